The molecule has 0 spiro atoms. The average molecular weight is 246 g/mol. The van der Waals surface area contributed by atoms with Crippen LogP contribution in [0.3, 0.4) is 0 Å². The van der Waals surface area contributed by atoms with Gasteiger partial charge in [-0.1, -0.05) is 0 Å². The van der Waals surface area contributed by atoms with Crippen LogP contribution in [0.1, 0.15) is 5.69 Å². The van der Waals surface area contributed by atoms with Gasteiger partial charge in [0.1, 0.15) is 0 Å². The molecule has 1 aromatic heterocycles. The zero-order chi connectivity index (χ0) is 9.42. The second kappa shape index (κ2) is 3.40. The molecule has 1 aliphatic heterocycles. The van der Waals surface area contributed by atoms with Gasteiger partial charge in [0.05, 0.1) is 22.5 Å². The van der Waals surface area contributed by atoms with Crippen molar-refractivity contribution in [3.8, 4) is 0 Å². The molecule has 0 saturated carbocycles. The van der Waals surface area contributed by atoms with Crippen LogP contribution in [0.2, 0.25) is 0 Å². The van der Waals surface area contributed by atoms with E-state index in [9.17, 15) is 0 Å². The summed E-state index contributed by atoms with van der Waals surface area (Å²) in [5.41, 5.74) is 1.16. The second-order valence-corrected chi connectivity index (χ2v) is 4.27. The minimum atomic E-state index is -0.132. The van der Waals surface area contributed by atoms with E-state index in [-0.39, 0.29) is 6.10 Å². The van der Waals surface area contributed by atoms with Gasteiger partial charge in [-0.2, -0.15) is 5.10 Å². The van der Waals surface area contributed by atoms with Gasteiger partial charge in [-0.3, -0.25) is 9.58 Å². The summed E-state index contributed by atoms with van der Waals surface area (Å²) < 4.78 is 2.89. The van der Waals surface area contributed by atoms with Gasteiger partial charge in [0.15, 0.2) is 0 Å². The molecular weight excluding hydrogens is 234 g/mol. The zero-order valence-electron chi connectivity index (χ0n) is 7.44. The molecule has 1 N–H and O–H groups in total. The first-order valence-corrected chi connectivity index (χ1v) is 5.03. The number of aryl methyl sites for hydroxylation is 1. The van der Waals surface area contributed by atoms with E-state index in [0.29, 0.717) is 0 Å². The molecule has 0 bridgehead atoms. The molecule has 72 valence electrons. The monoisotopic (exact) mass is 245 g/mol. The predicted octanol–water partition coefficient (Wildman–Crippen LogP) is 0.359. The van der Waals surface area contributed by atoms with E-state index >= 15 is 0 Å². The van der Waals surface area contributed by atoms with Crippen molar-refractivity contribution in [3.63, 3.8) is 0 Å². The fourth-order valence-electron chi connectivity index (χ4n) is 1.50. The van der Waals surface area contributed by atoms with Gasteiger partial charge in [0.25, 0.3) is 0 Å². The minimum Gasteiger partial charge on any atom is -0.390 e. The van der Waals surface area contributed by atoms with Crippen molar-refractivity contribution in [1.82, 2.24) is 14.7 Å². The number of β-amino-alcohol motifs (C(OH)–C–C–N with tert-alkyl or cyclic N) is 1. The Labute approximate surface area is 85.3 Å². The second-order valence-electron chi connectivity index (χ2n) is 3.41. The van der Waals surface area contributed by atoms with E-state index in [4.69, 9.17) is 5.11 Å². The standard InChI is InChI=1S/C8H12BrN3O/c1-11-8(7(9)2-10-11)5-12-3-6(13)4-12/h2,6,13H,3-5H2,1H3. The Balaban J connectivity index is 2.01. The molecule has 2 rings (SSSR count). The highest BCUT2D eigenvalue weighted by molar-refractivity contribution is 9.10. The molecule has 0 unspecified atom stereocenters. The lowest BCUT2D eigenvalue weighted by Crippen LogP contribution is -2.50. The van der Waals surface area contributed by atoms with Crippen LogP contribution in [-0.4, -0.2) is 39.0 Å². The van der Waals surface area contributed by atoms with Crippen molar-refractivity contribution >= 4 is 15.9 Å². The van der Waals surface area contributed by atoms with Crippen molar-refractivity contribution in [2.45, 2.75) is 12.6 Å². The van der Waals surface area contributed by atoms with E-state index in [1.807, 2.05) is 11.7 Å². The Morgan fingerprint density at radius 3 is 2.85 bits per heavy atom. The number of rotatable bonds is 2. The average Bonchev–Trinajstić information content (AvgIpc) is 2.32. The third kappa shape index (κ3) is 1.77. The topological polar surface area (TPSA) is 41.3 Å². The Hall–Kier alpha value is -0.390. The smallest absolute Gasteiger partial charge is 0.0794 e. The summed E-state index contributed by atoms with van der Waals surface area (Å²) in [6, 6.07) is 0. The van der Waals surface area contributed by atoms with Gasteiger partial charge >= 0.3 is 0 Å². The lowest BCUT2D eigenvalue weighted by atomic mass is 10.1. The quantitative estimate of drug-likeness (QED) is 0.819. The summed E-state index contributed by atoms with van der Waals surface area (Å²) in [5.74, 6) is 0. The van der Waals surface area contributed by atoms with E-state index in [1.54, 1.807) is 6.20 Å². The molecule has 5 heteroatoms. The summed E-state index contributed by atoms with van der Waals surface area (Å²) in [5, 5.41) is 13.2. The molecule has 0 radical (unpaired) electrons. The Morgan fingerprint density at radius 2 is 2.38 bits per heavy atom. The van der Waals surface area contributed by atoms with Gasteiger partial charge in [0, 0.05) is 26.7 Å². The van der Waals surface area contributed by atoms with Crippen molar-refractivity contribution in [3.05, 3.63) is 16.4 Å². The Morgan fingerprint density at radius 1 is 1.69 bits per heavy atom. The maximum absolute atomic E-state index is 9.11. The third-order valence-corrected chi connectivity index (χ3v) is 2.98. The SMILES string of the molecule is Cn1ncc(Br)c1CN1CC(O)C1. The minimum absolute atomic E-state index is 0.132. The summed E-state index contributed by atoms with van der Waals surface area (Å²) in [4.78, 5) is 2.19. The molecule has 0 aromatic carbocycles. The maximum Gasteiger partial charge on any atom is 0.0794 e. The van der Waals surface area contributed by atoms with Gasteiger partial charge < -0.3 is 5.11 Å². The molecule has 13 heavy (non-hydrogen) atoms. The van der Waals surface area contributed by atoms with Crippen LogP contribution >= 0.6 is 15.9 Å². The number of likely N-dealkylation sites (tertiary alicyclic amines) is 1. The number of aliphatic hydroxyl groups is 1. The van der Waals surface area contributed by atoms with Gasteiger partial charge in [-0.05, 0) is 15.9 Å². The lowest BCUT2D eigenvalue weighted by Gasteiger charge is -2.35. The summed E-state index contributed by atoms with van der Waals surface area (Å²) in [7, 11) is 1.93. The summed E-state index contributed by atoms with van der Waals surface area (Å²) in [6.07, 6.45) is 1.66. The van der Waals surface area contributed by atoms with Gasteiger partial charge in [0.2, 0.25) is 0 Å². The largest absolute Gasteiger partial charge is 0.390 e. The highest BCUT2D eigenvalue weighted by atomic mass is 79.9. The van der Waals surface area contributed by atoms with Crippen LogP contribution in [0, 0.1) is 0 Å². The molecule has 0 atom stereocenters. The predicted molar refractivity (Wildman–Crippen MR) is 52.2 cm³/mol. The number of hydrogen-bond donors (Lipinski definition) is 1. The first-order chi connectivity index (χ1) is 6.16. The fourth-order valence-corrected chi connectivity index (χ4v) is 1.97. The summed E-state index contributed by atoms with van der Waals surface area (Å²) >= 11 is 3.44. The number of hydrogen-bond acceptors (Lipinski definition) is 3. The van der Waals surface area contributed by atoms with Gasteiger partial charge in [-0.25, -0.2) is 0 Å². The number of nitrogens with zero attached hydrogens (tertiary/aromatic N) is 3. The number of halogens is 1. The summed E-state index contributed by atoms with van der Waals surface area (Å²) in [6.45, 7) is 2.41. The number of aliphatic hydroxyl groups excluding tert-OH is 1. The van der Waals surface area contributed by atoms with E-state index < -0.39 is 0 Å². The first kappa shape index (κ1) is 9.18. The van der Waals surface area contributed by atoms with Crippen LogP contribution in [0.15, 0.2) is 10.7 Å². The van der Waals surface area contributed by atoms with Crippen molar-refractivity contribution in [1.29, 1.82) is 0 Å². The van der Waals surface area contributed by atoms with E-state index in [0.717, 1.165) is 29.8 Å². The highest BCUT2D eigenvalue weighted by Crippen LogP contribution is 2.19. The molecule has 1 saturated heterocycles. The normalized spacial score (nSPS) is 19.0. The molecule has 0 aliphatic carbocycles. The van der Waals surface area contributed by atoms with Crippen molar-refractivity contribution < 1.29 is 5.11 Å². The Bertz CT molecular complexity index is 287. The number of aromatic nitrogens is 2. The maximum atomic E-state index is 9.11. The van der Waals surface area contributed by atoms with Crippen LogP contribution in [0.25, 0.3) is 0 Å². The molecule has 4 nitrogen and oxygen atoms in total. The van der Waals surface area contributed by atoms with Crippen LogP contribution in [0.5, 0.6) is 0 Å². The van der Waals surface area contributed by atoms with Crippen LogP contribution < -0.4 is 0 Å². The molecule has 1 fully saturated rings. The lowest BCUT2D eigenvalue weighted by molar-refractivity contribution is -0.00425. The van der Waals surface area contributed by atoms with Crippen molar-refractivity contribution in [2.75, 3.05) is 13.1 Å². The zero-order valence-corrected chi connectivity index (χ0v) is 9.03. The third-order valence-electron chi connectivity index (χ3n) is 2.32. The molecule has 1 aliphatic rings. The highest BCUT2D eigenvalue weighted by Gasteiger charge is 2.25. The first-order valence-electron chi connectivity index (χ1n) is 4.23. The fraction of sp³-hybridized carbons (Fsp3) is 0.625. The van der Waals surface area contributed by atoms with Crippen molar-refractivity contribution in [2.24, 2.45) is 7.05 Å². The molecule has 1 aromatic rings. The molecular formula is C8H12BrN3O. The molecule has 2 heterocycles. The van der Waals surface area contributed by atoms with Crippen LogP contribution in [0.4, 0.5) is 0 Å². The van der Waals surface area contributed by atoms with E-state index in [1.165, 1.54) is 0 Å². The van der Waals surface area contributed by atoms with E-state index in [2.05, 4.69) is 25.9 Å². The molecule has 0 amide bonds. The van der Waals surface area contributed by atoms with Gasteiger partial charge in [-0.15, -0.1) is 0 Å². The van der Waals surface area contributed by atoms with Crippen LogP contribution in [-0.2, 0) is 13.6 Å². The Kier molecular flexibility index (Phi) is 2.40.